The van der Waals surface area contributed by atoms with Gasteiger partial charge in [0.15, 0.2) is 11.5 Å². The van der Waals surface area contributed by atoms with Crippen molar-refractivity contribution in [3.8, 4) is 11.5 Å². The number of aromatic nitrogens is 2. The van der Waals surface area contributed by atoms with Crippen molar-refractivity contribution >= 4 is 33.1 Å². The predicted octanol–water partition coefficient (Wildman–Crippen LogP) is 3.37. The van der Waals surface area contributed by atoms with Crippen LogP contribution < -0.4 is 20.3 Å². The molecule has 1 amide bonds. The van der Waals surface area contributed by atoms with Gasteiger partial charge in [0.25, 0.3) is 11.5 Å². The highest BCUT2D eigenvalue weighted by Crippen LogP contribution is 2.35. The number of benzene rings is 1. The van der Waals surface area contributed by atoms with Crippen LogP contribution in [0.25, 0.3) is 10.2 Å². The zero-order valence-corrected chi connectivity index (χ0v) is 16.1. The minimum absolute atomic E-state index is 0.0687. The number of hydrogen-bond donors (Lipinski definition) is 1. The highest BCUT2D eigenvalue weighted by Gasteiger charge is 2.27. The second-order valence-corrected chi connectivity index (χ2v) is 7.65. The fourth-order valence-electron chi connectivity index (χ4n) is 3.08. The molecular formula is C19H19N3O4S. The Bertz CT molecular complexity index is 1100. The minimum Gasteiger partial charge on any atom is -0.493 e. The van der Waals surface area contributed by atoms with Crippen molar-refractivity contribution in [2.75, 3.05) is 19.5 Å². The van der Waals surface area contributed by atoms with Gasteiger partial charge in [-0.2, -0.15) is 0 Å². The van der Waals surface area contributed by atoms with Crippen molar-refractivity contribution in [2.45, 2.75) is 25.8 Å². The number of nitrogens with zero attached hydrogens (tertiary/aromatic N) is 2. The van der Waals surface area contributed by atoms with E-state index < -0.39 is 0 Å². The molecule has 1 aliphatic rings. The number of amides is 1. The third kappa shape index (κ3) is 3.06. The molecule has 4 rings (SSSR count). The summed E-state index contributed by atoms with van der Waals surface area (Å²) in [6.07, 6.45) is 3.57. The van der Waals surface area contributed by atoms with Gasteiger partial charge >= 0.3 is 0 Å². The molecule has 0 bridgehead atoms. The van der Waals surface area contributed by atoms with Gasteiger partial charge in [-0.15, -0.1) is 11.3 Å². The Morgan fingerprint density at radius 3 is 2.67 bits per heavy atom. The summed E-state index contributed by atoms with van der Waals surface area (Å²) in [5, 5.41) is 2.86. The molecule has 27 heavy (non-hydrogen) atoms. The Kier molecular flexibility index (Phi) is 4.35. The molecule has 0 saturated heterocycles. The molecule has 8 heteroatoms. The molecule has 2 heterocycles. The van der Waals surface area contributed by atoms with Crippen LogP contribution in [0.15, 0.2) is 29.3 Å². The second kappa shape index (κ2) is 6.70. The van der Waals surface area contributed by atoms with Crippen molar-refractivity contribution in [3.63, 3.8) is 0 Å². The maximum atomic E-state index is 12.9. The summed E-state index contributed by atoms with van der Waals surface area (Å²) >= 11 is 1.32. The van der Waals surface area contributed by atoms with E-state index in [1.54, 1.807) is 36.2 Å². The molecule has 0 atom stereocenters. The van der Waals surface area contributed by atoms with Crippen LogP contribution >= 0.6 is 11.3 Å². The summed E-state index contributed by atoms with van der Waals surface area (Å²) < 4.78 is 12.7. The summed E-state index contributed by atoms with van der Waals surface area (Å²) in [6, 6.07) is 5.39. The number of fused-ring (bicyclic) bond motifs is 1. The second-order valence-electron chi connectivity index (χ2n) is 6.42. The van der Waals surface area contributed by atoms with E-state index in [4.69, 9.17) is 9.47 Å². The molecule has 1 aliphatic carbocycles. The molecule has 0 spiro atoms. The van der Waals surface area contributed by atoms with E-state index in [0.29, 0.717) is 33.0 Å². The van der Waals surface area contributed by atoms with E-state index >= 15 is 0 Å². The summed E-state index contributed by atoms with van der Waals surface area (Å²) in [7, 11) is 3.09. The Labute approximate surface area is 159 Å². The van der Waals surface area contributed by atoms with Crippen molar-refractivity contribution in [1.29, 1.82) is 0 Å². The quantitative estimate of drug-likeness (QED) is 0.728. The molecule has 1 fully saturated rings. The lowest BCUT2D eigenvalue weighted by Crippen LogP contribution is -2.19. The van der Waals surface area contributed by atoms with Crippen molar-refractivity contribution in [3.05, 3.63) is 45.3 Å². The fraction of sp³-hybridized carbons (Fsp3) is 0.316. The largest absolute Gasteiger partial charge is 0.493 e. The van der Waals surface area contributed by atoms with Gasteiger partial charge in [-0.3, -0.25) is 14.2 Å². The topological polar surface area (TPSA) is 82.5 Å². The first-order valence-electron chi connectivity index (χ1n) is 8.57. The van der Waals surface area contributed by atoms with Gasteiger partial charge in [0, 0.05) is 22.7 Å². The Morgan fingerprint density at radius 2 is 2.00 bits per heavy atom. The lowest BCUT2D eigenvalue weighted by Gasteiger charge is -2.10. The fourth-order valence-corrected chi connectivity index (χ4v) is 4.12. The number of rotatable bonds is 5. The number of carbonyl (C=O) groups excluding carboxylic acids is 1. The van der Waals surface area contributed by atoms with E-state index in [1.165, 1.54) is 18.4 Å². The number of nitrogens with one attached hydrogen (secondary N) is 1. The SMILES string of the molecule is COc1ccc(NC(=O)c2c(C)sc3c(=O)n(C4CC4)cnc23)cc1OC. The molecule has 0 aliphatic heterocycles. The van der Waals surface area contributed by atoms with Crippen LogP contribution in [0.3, 0.4) is 0 Å². The van der Waals surface area contributed by atoms with Gasteiger partial charge in [0.1, 0.15) is 10.2 Å². The summed E-state index contributed by atoms with van der Waals surface area (Å²) in [6.45, 7) is 1.83. The first-order chi connectivity index (χ1) is 13.0. The van der Waals surface area contributed by atoms with Crippen LogP contribution in [0.4, 0.5) is 5.69 Å². The number of anilines is 1. The highest BCUT2D eigenvalue weighted by molar-refractivity contribution is 7.19. The van der Waals surface area contributed by atoms with E-state index in [9.17, 15) is 9.59 Å². The van der Waals surface area contributed by atoms with E-state index in [2.05, 4.69) is 10.3 Å². The van der Waals surface area contributed by atoms with Gasteiger partial charge in [-0.25, -0.2) is 4.98 Å². The van der Waals surface area contributed by atoms with Gasteiger partial charge in [-0.1, -0.05) is 0 Å². The highest BCUT2D eigenvalue weighted by atomic mass is 32.1. The Balaban J connectivity index is 1.70. The summed E-state index contributed by atoms with van der Waals surface area (Å²) in [5.41, 5.74) is 1.39. The van der Waals surface area contributed by atoms with Gasteiger partial charge in [0.05, 0.1) is 26.1 Å². The van der Waals surface area contributed by atoms with Crippen molar-refractivity contribution in [1.82, 2.24) is 9.55 Å². The van der Waals surface area contributed by atoms with Crippen LogP contribution in [0.2, 0.25) is 0 Å². The third-order valence-electron chi connectivity index (χ3n) is 4.61. The normalized spacial score (nSPS) is 13.6. The van der Waals surface area contributed by atoms with E-state index in [1.807, 2.05) is 6.92 Å². The Hall–Kier alpha value is -2.87. The summed E-state index contributed by atoms with van der Waals surface area (Å²) in [4.78, 5) is 30.7. The smallest absolute Gasteiger partial charge is 0.271 e. The van der Waals surface area contributed by atoms with Crippen LogP contribution in [0.1, 0.15) is 34.1 Å². The Morgan fingerprint density at radius 1 is 1.26 bits per heavy atom. The standard InChI is InChI=1S/C19H19N3O4S/c1-10-15(16-17(27-10)19(24)22(9-20-16)12-5-6-12)18(23)21-11-4-7-13(25-2)14(8-11)26-3/h4,7-9,12H,5-6H2,1-3H3,(H,21,23). The average molecular weight is 385 g/mol. The van der Waals surface area contributed by atoms with Crippen LogP contribution in [-0.4, -0.2) is 29.7 Å². The number of carbonyl (C=O) groups is 1. The zero-order valence-electron chi connectivity index (χ0n) is 15.2. The van der Waals surface area contributed by atoms with Crippen molar-refractivity contribution < 1.29 is 14.3 Å². The van der Waals surface area contributed by atoms with Crippen molar-refractivity contribution in [2.24, 2.45) is 0 Å². The molecule has 140 valence electrons. The molecular weight excluding hydrogens is 366 g/mol. The molecule has 1 saturated carbocycles. The lowest BCUT2D eigenvalue weighted by atomic mass is 10.2. The molecule has 1 aromatic carbocycles. The lowest BCUT2D eigenvalue weighted by molar-refractivity contribution is 0.102. The summed E-state index contributed by atoms with van der Waals surface area (Å²) in [5.74, 6) is 0.796. The number of ether oxygens (including phenoxy) is 2. The number of aryl methyl sites for hydroxylation is 1. The van der Waals surface area contributed by atoms with Gasteiger partial charge in [-0.05, 0) is 31.9 Å². The zero-order chi connectivity index (χ0) is 19.1. The number of methoxy groups -OCH3 is 2. The molecule has 0 radical (unpaired) electrons. The minimum atomic E-state index is -0.304. The van der Waals surface area contributed by atoms with E-state index in [-0.39, 0.29) is 17.5 Å². The molecule has 0 unspecified atom stereocenters. The first-order valence-corrected chi connectivity index (χ1v) is 9.38. The monoisotopic (exact) mass is 385 g/mol. The molecule has 2 aromatic heterocycles. The van der Waals surface area contributed by atoms with Crippen LogP contribution in [0.5, 0.6) is 11.5 Å². The first kappa shape index (κ1) is 17.5. The number of thiophene rings is 1. The third-order valence-corrected chi connectivity index (χ3v) is 5.69. The average Bonchev–Trinajstić information content (AvgIpc) is 3.44. The maximum Gasteiger partial charge on any atom is 0.271 e. The van der Waals surface area contributed by atoms with Crippen LogP contribution in [0, 0.1) is 6.92 Å². The number of hydrogen-bond acceptors (Lipinski definition) is 6. The molecule has 7 nitrogen and oxygen atoms in total. The van der Waals surface area contributed by atoms with Gasteiger partial charge in [0.2, 0.25) is 0 Å². The van der Waals surface area contributed by atoms with Gasteiger partial charge < -0.3 is 14.8 Å². The van der Waals surface area contributed by atoms with E-state index in [0.717, 1.165) is 17.7 Å². The maximum absolute atomic E-state index is 12.9. The van der Waals surface area contributed by atoms with Crippen LogP contribution in [-0.2, 0) is 0 Å². The predicted molar refractivity (Wildman–Crippen MR) is 104 cm³/mol. The molecule has 1 N–H and O–H groups in total. The molecule has 3 aromatic rings.